The van der Waals surface area contributed by atoms with Crippen molar-refractivity contribution in [1.82, 2.24) is 4.98 Å². The Bertz CT molecular complexity index is 367. The van der Waals surface area contributed by atoms with Crippen molar-refractivity contribution in [2.24, 2.45) is 5.41 Å². The van der Waals surface area contributed by atoms with Crippen molar-refractivity contribution in [2.75, 3.05) is 12.4 Å². The van der Waals surface area contributed by atoms with Crippen molar-refractivity contribution in [2.45, 2.75) is 46.3 Å². The van der Waals surface area contributed by atoms with Crippen molar-refractivity contribution in [3.8, 4) is 0 Å². The predicted molar refractivity (Wildman–Crippen MR) is 68.2 cm³/mol. The number of hydrogen-bond donors (Lipinski definition) is 1. The van der Waals surface area contributed by atoms with E-state index in [1.54, 1.807) is 18.4 Å². The van der Waals surface area contributed by atoms with Crippen molar-refractivity contribution in [3.05, 3.63) is 10.6 Å². The zero-order valence-electron chi connectivity index (χ0n) is 10.6. The van der Waals surface area contributed by atoms with Crippen LogP contribution in [0.3, 0.4) is 0 Å². The lowest BCUT2D eigenvalue weighted by Gasteiger charge is -2.51. The second-order valence-electron chi connectivity index (χ2n) is 5.14. The Kier molecular flexibility index (Phi) is 2.97. The summed E-state index contributed by atoms with van der Waals surface area (Å²) in [6.45, 7) is 8.66. The molecule has 16 heavy (non-hydrogen) atoms. The Labute approximate surface area is 101 Å². The third-order valence-electron chi connectivity index (χ3n) is 3.79. The molecular weight excluding hydrogens is 220 g/mol. The summed E-state index contributed by atoms with van der Waals surface area (Å²) in [6.07, 6.45) is 1.44. The first-order valence-corrected chi connectivity index (χ1v) is 6.50. The maximum Gasteiger partial charge on any atom is 0.183 e. The summed E-state index contributed by atoms with van der Waals surface area (Å²) < 4.78 is 5.44. The summed E-state index contributed by atoms with van der Waals surface area (Å²) in [7, 11) is 1.79. The molecule has 4 heteroatoms. The fraction of sp³-hybridized carbons (Fsp3) is 0.750. The Morgan fingerprint density at radius 3 is 2.56 bits per heavy atom. The second kappa shape index (κ2) is 4.00. The van der Waals surface area contributed by atoms with Gasteiger partial charge in [-0.2, -0.15) is 0 Å². The van der Waals surface area contributed by atoms with E-state index < -0.39 is 0 Å². The summed E-state index contributed by atoms with van der Waals surface area (Å²) in [6, 6.07) is 0.474. The molecule has 1 fully saturated rings. The summed E-state index contributed by atoms with van der Waals surface area (Å²) in [5.74, 6) is 0. The predicted octanol–water partition coefficient (Wildman–Crippen LogP) is 2.99. The third-order valence-corrected chi connectivity index (χ3v) is 4.79. The first-order valence-electron chi connectivity index (χ1n) is 5.68. The fourth-order valence-corrected chi connectivity index (χ4v) is 3.08. The number of anilines is 1. The topological polar surface area (TPSA) is 34.1 Å². The normalized spacial score (nSPS) is 27.6. The average molecular weight is 240 g/mol. The molecule has 2 atom stereocenters. The van der Waals surface area contributed by atoms with Gasteiger partial charge in [0.2, 0.25) is 0 Å². The minimum atomic E-state index is 0.197. The summed E-state index contributed by atoms with van der Waals surface area (Å²) in [5.41, 5.74) is 1.33. The van der Waals surface area contributed by atoms with Gasteiger partial charge in [-0.3, -0.25) is 0 Å². The molecule has 1 aliphatic rings. The fourth-order valence-electron chi connectivity index (χ4n) is 2.21. The molecule has 1 aliphatic carbocycles. The average Bonchev–Trinajstić information content (AvgIpc) is 2.52. The van der Waals surface area contributed by atoms with Gasteiger partial charge >= 0.3 is 0 Å². The number of hydrogen-bond acceptors (Lipinski definition) is 4. The summed E-state index contributed by atoms with van der Waals surface area (Å²) >= 11 is 1.74. The molecule has 0 aliphatic heterocycles. The van der Waals surface area contributed by atoms with E-state index in [-0.39, 0.29) is 5.41 Å². The molecule has 1 heterocycles. The summed E-state index contributed by atoms with van der Waals surface area (Å²) in [4.78, 5) is 5.81. The molecule has 90 valence electrons. The van der Waals surface area contributed by atoms with Crippen molar-refractivity contribution < 1.29 is 4.74 Å². The van der Waals surface area contributed by atoms with Crippen LogP contribution in [0.1, 0.15) is 30.8 Å². The quantitative estimate of drug-likeness (QED) is 0.882. The molecule has 1 aromatic rings. The number of nitrogens with zero attached hydrogens (tertiary/aromatic N) is 1. The number of aromatic nitrogens is 1. The first-order chi connectivity index (χ1) is 7.45. The van der Waals surface area contributed by atoms with Gasteiger partial charge in [-0.1, -0.05) is 13.8 Å². The molecule has 3 nitrogen and oxygen atoms in total. The van der Waals surface area contributed by atoms with Crippen LogP contribution in [-0.4, -0.2) is 24.2 Å². The molecule has 1 N–H and O–H groups in total. The van der Waals surface area contributed by atoms with Crippen LogP contribution in [0.25, 0.3) is 0 Å². The van der Waals surface area contributed by atoms with Crippen LogP contribution in [0.5, 0.6) is 0 Å². The minimum Gasteiger partial charge on any atom is -0.381 e. The van der Waals surface area contributed by atoms with Crippen LogP contribution in [0.4, 0.5) is 5.13 Å². The molecule has 0 amide bonds. The largest absolute Gasteiger partial charge is 0.381 e. The van der Waals surface area contributed by atoms with Crippen LogP contribution in [0.15, 0.2) is 0 Å². The van der Waals surface area contributed by atoms with Crippen LogP contribution >= 0.6 is 11.3 Å². The standard InChI is InChI=1S/C12H20N2OS/c1-7-8(2)16-11(13-7)14-9-6-10(15-5)12(9,3)4/h9-10H,6H2,1-5H3,(H,13,14). The second-order valence-corrected chi connectivity index (χ2v) is 6.34. The van der Waals surface area contributed by atoms with E-state index in [4.69, 9.17) is 4.74 Å². The third kappa shape index (κ3) is 1.84. The van der Waals surface area contributed by atoms with Crippen molar-refractivity contribution in [3.63, 3.8) is 0 Å². The van der Waals surface area contributed by atoms with Gasteiger partial charge in [0.05, 0.1) is 11.8 Å². The van der Waals surface area contributed by atoms with Gasteiger partial charge < -0.3 is 10.1 Å². The molecule has 0 aromatic carbocycles. The van der Waals surface area contributed by atoms with Gasteiger partial charge in [0.1, 0.15) is 0 Å². The zero-order valence-corrected chi connectivity index (χ0v) is 11.4. The molecule has 0 saturated heterocycles. The van der Waals surface area contributed by atoms with Gasteiger partial charge in [-0.25, -0.2) is 4.98 Å². The Morgan fingerprint density at radius 2 is 2.12 bits per heavy atom. The van der Waals surface area contributed by atoms with Gasteiger partial charge in [0, 0.05) is 23.4 Å². The SMILES string of the molecule is COC1CC(Nc2nc(C)c(C)s2)C1(C)C. The Balaban J connectivity index is 2.02. The van der Waals surface area contributed by atoms with Crippen molar-refractivity contribution in [1.29, 1.82) is 0 Å². The van der Waals surface area contributed by atoms with Gasteiger partial charge in [-0.15, -0.1) is 11.3 Å². The number of nitrogens with one attached hydrogen (secondary N) is 1. The lowest BCUT2D eigenvalue weighted by Crippen LogP contribution is -2.57. The van der Waals surface area contributed by atoms with E-state index >= 15 is 0 Å². The van der Waals surface area contributed by atoms with E-state index in [9.17, 15) is 0 Å². The number of thiazole rings is 1. The maximum absolute atomic E-state index is 5.44. The Hall–Kier alpha value is -0.610. The van der Waals surface area contributed by atoms with Gasteiger partial charge in [0.15, 0.2) is 5.13 Å². The highest BCUT2D eigenvalue weighted by atomic mass is 32.1. The molecule has 2 rings (SSSR count). The lowest BCUT2D eigenvalue weighted by atomic mass is 9.64. The van der Waals surface area contributed by atoms with Crippen LogP contribution in [0, 0.1) is 19.3 Å². The van der Waals surface area contributed by atoms with Crippen molar-refractivity contribution >= 4 is 16.5 Å². The first kappa shape index (κ1) is 11.9. The van der Waals surface area contributed by atoms with E-state index in [2.05, 4.69) is 38.0 Å². The Morgan fingerprint density at radius 1 is 1.44 bits per heavy atom. The highest BCUT2D eigenvalue weighted by molar-refractivity contribution is 7.15. The van der Waals surface area contributed by atoms with Crippen LogP contribution < -0.4 is 5.32 Å². The number of ether oxygens (including phenoxy) is 1. The van der Waals surface area contributed by atoms with E-state index in [0.717, 1.165) is 17.2 Å². The van der Waals surface area contributed by atoms with E-state index in [1.165, 1.54) is 4.88 Å². The lowest BCUT2D eigenvalue weighted by molar-refractivity contribution is -0.0794. The van der Waals surface area contributed by atoms with Crippen LogP contribution in [0.2, 0.25) is 0 Å². The molecule has 0 radical (unpaired) electrons. The molecule has 0 spiro atoms. The maximum atomic E-state index is 5.44. The molecular formula is C12H20N2OS. The molecule has 2 unspecified atom stereocenters. The highest BCUT2D eigenvalue weighted by Crippen LogP contribution is 2.44. The zero-order chi connectivity index (χ0) is 11.9. The molecule has 1 aromatic heterocycles. The van der Waals surface area contributed by atoms with E-state index in [0.29, 0.717) is 12.1 Å². The molecule has 1 saturated carbocycles. The molecule has 0 bridgehead atoms. The van der Waals surface area contributed by atoms with Gasteiger partial charge in [0.25, 0.3) is 0 Å². The number of methoxy groups -OCH3 is 1. The van der Waals surface area contributed by atoms with E-state index in [1.807, 2.05) is 0 Å². The minimum absolute atomic E-state index is 0.197. The summed E-state index contributed by atoms with van der Waals surface area (Å²) in [5, 5.41) is 4.57. The monoisotopic (exact) mass is 240 g/mol. The number of aryl methyl sites for hydroxylation is 2. The highest BCUT2D eigenvalue weighted by Gasteiger charge is 2.48. The van der Waals surface area contributed by atoms with Crippen LogP contribution in [-0.2, 0) is 4.74 Å². The smallest absolute Gasteiger partial charge is 0.183 e. The number of rotatable bonds is 3. The van der Waals surface area contributed by atoms with Gasteiger partial charge in [-0.05, 0) is 20.3 Å².